The average molecular weight is 365 g/mol. The molecule has 1 aromatic heterocycles. The van der Waals surface area contributed by atoms with Gasteiger partial charge in [0.05, 0.1) is 24.6 Å². The van der Waals surface area contributed by atoms with E-state index in [4.69, 9.17) is 9.84 Å². The van der Waals surface area contributed by atoms with Gasteiger partial charge in [-0.15, -0.1) is 0 Å². The second-order valence-corrected chi connectivity index (χ2v) is 8.91. The van der Waals surface area contributed by atoms with Crippen molar-refractivity contribution in [3.05, 3.63) is 47.3 Å². The molecule has 5 rings (SSSR count). The summed E-state index contributed by atoms with van der Waals surface area (Å²) in [6.07, 6.45) is 2.29. The quantitative estimate of drug-likeness (QED) is 0.818. The topological polar surface area (TPSA) is 47.4 Å². The van der Waals surface area contributed by atoms with E-state index in [1.54, 1.807) is 0 Å². The zero-order valence-electron chi connectivity index (χ0n) is 16.4. The van der Waals surface area contributed by atoms with Gasteiger partial charge in [0.1, 0.15) is 0 Å². The highest BCUT2D eigenvalue weighted by Crippen LogP contribution is 2.68. The van der Waals surface area contributed by atoms with Crippen LogP contribution in [0.4, 0.5) is 0 Å². The minimum atomic E-state index is 0.0411. The molecule has 2 fully saturated rings. The van der Waals surface area contributed by atoms with Gasteiger partial charge in [0.15, 0.2) is 5.69 Å². The Morgan fingerprint density at radius 3 is 2.56 bits per heavy atom. The van der Waals surface area contributed by atoms with E-state index in [1.807, 2.05) is 23.1 Å². The Morgan fingerprint density at radius 1 is 1.15 bits per heavy atom. The van der Waals surface area contributed by atoms with Crippen molar-refractivity contribution in [3.8, 4) is 5.69 Å². The monoisotopic (exact) mass is 365 g/mol. The fourth-order valence-electron chi connectivity index (χ4n) is 5.55. The lowest BCUT2D eigenvalue weighted by Gasteiger charge is -2.35. The molecule has 2 atom stereocenters. The third-order valence-electron chi connectivity index (χ3n) is 7.52. The van der Waals surface area contributed by atoms with Crippen LogP contribution in [0.25, 0.3) is 5.69 Å². The number of aromatic nitrogens is 2. The smallest absolute Gasteiger partial charge is 0.274 e. The van der Waals surface area contributed by atoms with E-state index >= 15 is 0 Å². The number of carbonyl (C=O) groups is 1. The largest absolute Gasteiger partial charge is 0.378 e. The summed E-state index contributed by atoms with van der Waals surface area (Å²) in [6.45, 7) is 9.61. The number of hydrogen-bond acceptors (Lipinski definition) is 3. The first-order chi connectivity index (χ1) is 12.9. The van der Waals surface area contributed by atoms with Gasteiger partial charge in [-0.05, 0) is 36.3 Å². The number of para-hydroxylation sites is 1. The summed E-state index contributed by atoms with van der Waals surface area (Å²) in [5.74, 6) is 0.464. The van der Waals surface area contributed by atoms with Crippen LogP contribution in [-0.2, 0) is 10.2 Å². The van der Waals surface area contributed by atoms with Crippen molar-refractivity contribution in [1.29, 1.82) is 0 Å². The molecule has 1 amide bonds. The predicted molar refractivity (Wildman–Crippen MR) is 103 cm³/mol. The summed E-state index contributed by atoms with van der Waals surface area (Å²) in [5.41, 5.74) is 4.34. The molecule has 1 aliphatic heterocycles. The van der Waals surface area contributed by atoms with E-state index in [0.29, 0.717) is 37.9 Å². The van der Waals surface area contributed by atoms with Gasteiger partial charge >= 0.3 is 0 Å². The lowest BCUT2D eigenvalue weighted by atomic mass is 9.70. The van der Waals surface area contributed by atoms with Crippen molar-refractivity contribution in [2.24, 2.45) is 5.41 Å². The van der Waals surface area contributed by atoms with Crippen LogP contribution in [0, 0.1) is 5.41 Å². The number of hydrogen-bond donors (Lipinski definition) is 0. The molecule has 0 radical (unpaired) electrons. The van der Waals surface area contributed by atoms with Gasteiger partial charge in [-0.3, -0.25) is 4.79 Å². The Kier molecular flexibility index (Phi) is 3.57. The molecule has 2 aliphatic carbocycles. The van der Waals surface area contributed by atoms with Crippen LogP contribution in [0.2, 0.25) is 0 Å². The third kappa shape index (κ3) is 2.15. The van der Waals surface area contributed by atoms with Crippen LogP contribution in [0.15, 0.2) is 30.3 Å². The molecule has 1 aromatic carbocycles. The molecule has 3 aliphatic rings. The Morgan fingerprint density at radius 2 is 1.85 bits per heavy atom. The maximum Gasteiger partial charge on any atom is 0.274 e. The van der Waals surface area contributed by atoms with Gasteiger partial charge in [-0.25, -0.2) is 4.68 Å². The number of amides is 1. The first-order valence-corrected chi connectivity index (χ1v) is 10.0. The minimum Gasteiger partial charge on any atom is -0.378 e. The highest BCUT2D eigenvalue weighted by molar-refractivity contribution is 5.95. The molecular formula is C22H27N3O2. The molecule has 1 saturated carbocycles. The average Bonchev–Trinajstić information content (AvgIpc) is 3.25. The maximum absolute atomic E-state index is 13.4. The van der Waals surface area contributed by atoms with Gasteiger partial charge < -0.3 is 9.64 Å². The first-order valence-electron chi connectivity index (χ1n) is 10.0. The SMILES string of the molecule is CC1(C)[C@H]2CC[C@]1(C)c1c2c(C(=O)N2CCOCC2)nn1-c1ccccc1. The zero-order valence-corrected chi connectivity index (χ0v) is 16.4. The lowest BCUT2D eigenvalue weighted by molar-refractivity contribution is 0.0297. The van der Waals surface area contributed by atoms with Crippen LogP contribution < -0.4 is 0 Å². The van der Waals surface area contributed by atoms with Crippen LogP contribution in [0.3, 0.4) is 0 Å². The van der Waals surface area contributed by atoms with Gasteiger partial charge in [0, 0.05) is 24.1 Å². The highest BCUT2D eigenvalue weighted by Gasteiger charge is 2.63. The maximum atomic E-state index is 13.4. The van der Waals surface area contributed by atoms with E-state index < -0.39 is 0 Å². The van der Waals surface area contributed by atoms with Crippen molar-refractivity contribution in [2.75, 3.05) is 26.3 Å². The van der Waals surface area contributed by atoms with Crippen molar-refractivity contribution < 1.29 is 9.53 Å². The first kappa shape index (κ1) is 17.0. The Hall–Kier alpha value is -2.14. The molecule has 2 bridgehead atoms. The molecule has 5 nitrogen and oxygen atoms in total. The summed E-state index contributed by atoms with van der Waals surface area (Å²) in [7, 11) is 0. The number of fused-ring (bicyclic) bond motifs is 5. The van der Waals surface area contributed by atoms with E-state index in [-0.39, 0.29) is 16.7 Å². The molecule has 27 heavy (non-hydrogen) atoms. The fraction of sp³-hybridized carbons (Fsp3) is 0.545. The molecule has 2 aromatic rings. The number of ether oxygens (including phenoxy) is 1. The van der Waals surface area contributed by atoms with Crippen molar-refractivity contribution in [2.45, 2.75) is 44.9 Å². The van der Waals surface area contributed by atoms with Crippen LogP contribution >= 0.6 is 0 Å². The second kappa shape index (κ2) is 5.68. The predicted octanol–water partition coefficient (Wildman–Crippen LogP) is 3.52. The molecule has 1 saturated heterocycles. The molecule has 0 spiro atoms. The summed E-state index contributed by atoms with van der Waals surface area (Å²) < 4.78 is 7.49. The number of carbonyl (C=O) groups excluding carboxylic acids is 1. The lowest BCUT2D eigenvalue weighted by Crippen LogP contribution is -2.41. The van der Waals surface area contributed by atoms with Crippen LogP contribution in [-0.4, -0.2) is 46.9 Å². The fourth-order valence-corrected chi connectivity index (χ4v) is 5.55. The number of morpholine rings is 1. The molecule has 2 heterocycles. The van der Waals surface area contributed by atoms with E-state index in [2.05, 4.69) is 37.6 Å². The van der Waals surface area contributed by atoms with E-state index in [1.165, 1.54) is 11.3 Å². The second-order valence-electron chi connectivity index (χ2n) is 8.91. The molecule has 0 unspecified atom stereocenters. The van der Waals surface area contributed by atoms with Crippen molar-refractivity contribution in [1.82, 2.24) is 14.7 Å². The van der Waals surface area contributed by atoms with E-state index in [0.717, 1.165) is 18.5 Å². The summed E-state index contributed by atoms with van der Waals surface area (Å²) >= 11 is 0. The van der Waals surface area contributed by atoms with Gasteiger partial charge in [0.25, 0.3) is 5.91 Å². The minimum absolute atomic E-state index is 0.0411. The van der Waals surface area contributed by atoms with Crippen LogP contribution in [0.5, 0.6) is 0 Å². The standard InChI is InChI=1S/C22H27N3O2/c1-21(2)16-9-10-22(21,3)19-17(16)18(20(26)24-11-13-27-14-12-24)23-25(19)15-7-5-4-6-8-15/h4-8,16H,9-14H2,1-3H3/t16-,22+/m0/s1. The van der Waals surface area contributed by atoms with Crippen molar-refractivity contribution in [3.63, 3.8) is 0 Å². The summed E-state index contributed by atoms with van der Waals surface area (Å²) in [5, 5.41) is 4.91. The zero-order chi connectivity index (χ0) is 18.8. The van der Waals surface area contributed by atoms with Crippen LogP contribution in [0.1, 0.15) is 61.3 Å². The van der Waals surface area contributed by atoms with Gasteiger partial charge in [-0.1, -0.05) is 39.0 Å². The highest BCUT2D eigenvalue weighted by atomic mass is 16.5. The molecular weight excluding hydrogens is 338 g/mol. The molecule has 0 N–H and O–H groups in total. The van der Waals surface area contributed by atoms with E-state index in [9.17, 15) is 4.79 Å². The summed E-state index contributed by atoms with van der Waals surface area (Å²) in [4.78, 5) is 15.3. The number of benzene rings is 1. The van der Waals surface area contributed by atoms with Gasteiger partial charge in [0.2, 0.25) is 0 Å². The van der Waals surface area contributed by atoms with Gasteiger partial charge in [-0.2, -0.15) is 5.10 Å². The summed E-state index contributed by atoms with van der Waals surface area (Å²) in [6, 6.07) is 10.3. The Balaban J connectivity index is 1.70. The number of nitrogens with zero attached hydrogens (tertiary/aromatic N) is 3. The molecule has 5 heteroatoms. The van der Waals surface area contributed by atoms with Crippen molar-refractivity contribution >= 4 is 5.91 Å². The third-order valence-corrected chi connectivity index (χ3v) is 7.52. The molecule has 142 valence electrons. The number of rotatable bonds is 2. The Labute approximate surface area is 160 Å². The Bertz CT molecular complexity index is 896. The normalized spacial score (nSPS) is 28.4.